The van der Waals surface area contributed by atoms with Gasteiger partial charge >= 0.3 is 0 Å². The largest absolute Gasteiger partial charge is 0.493 e. The van der Waals surface area contributed by atoms with E-state index in [1.54, 1.807) is 35.9 Å². The first-order chi connectivity index (χ1) is 13.2. The van der Waals surface area contributed by atoms with E-state index in [1.807, 2.05) is 16.8 Å². The van der Waals surface area contributed by atoms with Gasteiger partial charge in [0.05, 0.1) is 44.8 Å². The van der Waals surface area contributed by atoms with Gasteiger partial charge in [-0.2, -0.15) is 11.3 Å². The van der Waals surface area contributed by atoms with E-state index < -0.39 is 0 Å². The number of methoxy groups -OCH3 is 3. The van der Waals surface area contributed by atoms with Crippen molar-refractivity contribution in [3.8, 4) is 28.5 Å². The van der Waals surface area contributed by atoms with Gasteiger partial charge in [0.1, 0.15) is 0 Å². The maximum Gasteiger partial charge on any atom is 0.255 e. The summed E-state index contributed by atoms with van der Waals surface area (Å²) < 4.78 is 15.9. The highest BCUT2D eigenvalue weighted by Gasteiger charge is 2.21. The Labute approximate surface area is 161 Å². The summed E-state index contributed by atoms with van der Waals surface area (Å²) in [7, 11) is 4.50. The molecule has 0 unspecified atom stereocenters. The summed E-state index contributed by atoms with van der Waals surface area (Å²) in [5.74, 6) is 0.854. The van der Waals surface area contributed by atoms with Gasteiger partial charge in [-0.25, -0.2) is 0 Å². The average molecular weight is 385 g/mol. The number of nitrogens with one attached hydrogen (secondary N) is 1. The minimum atomic E-state index is -0.310. The Morgan fingerprint density at radius 3 is 2.48 bits per heavy atom. The molecule has 8 heteroatoms. The van der Waals surface area contributed by atoms with Crippen LogP contribution in [-0.2, 0) is 6.54 Å². The lowest BCUT2D eigenvalue weighted by Gasteiger charge is -2.15. The first kappa shape index (κ1) is 18.7. The van der Waals surface area contributed by atoms with Gasteiger partial charge in [0, 0.05) is 23.3 Å². The molecule has 3 aromatic rings. The van der Waals surface area contributed by atoms with Gasteiger partial charge in [-0.15, -0.1) is 0 Å². The van der Waals surface area contributed by atoms with E-state index in [9.17, 15) is 4.79 Å². The highest BCUT2D eigenvalue weighted by molar-refractivity contribution is 7.08. The molecule has 1 amide bonds. The molecule has 1 aromatic carbocycles. The van der Waals surface area contributed by atoms with Crippen LogP contribution in [0.15, 0.2) is 41.4 Å². The molecule has 0 saturated carbocycles. The molecule has 7 nitrogen and oxygen atoms in total. The molecule has 0 aliphatic rings. The molecule has 140 valence electrons. The number of nitrogens with zero attached hydrogens (tertiary/aromatic N) is 2. The van der Waals surface area contributed by atoms with Crippen LogP contribution in [0.25, 0.3) is 11.3 Å². The summed E-state index contributed by atoms with van der Waals surface area (Å²) >= 11 is 1.58. The van der Waals surface area contributed by atoms with Crippen LogP contribution in [0.2, 0.25) is 0 Å². The number of benzene rings is 1. The zero-order valence-corrected chi connectivity index (χ0v) is 16.0. The van der Waals surface area contributed by atoms with E-state index in [0.29, 0.717) is 28.5 Å². The minimum absolute atomic E-state index is 0.232. The lowest BCUT2D eigenvalue weighted by molar-refractivity contribution is 0.0946. The molecule has 2 heterocycles. The predicted molar refractivity (Wildman–Crippen MR) is 103 cm³/mol. The van der Waals surface area contributed by atoms with Crippen LogP contribution in [-0.4, -0.2) is 37.2 Å². The van der Waals surface area contributed by atoms with E-state index in [2.05, 4.69) is 15.3 Å². The SMILES string of the molecule is COc1ccc(C(=O)NCc2nccnc2-c2ccsc2)c(OC)c1OC. The number of rotatable bonds is 7. The van der Waals surface area contributed by atoms with Gasteiger partial charge in [-0.05, 0) is 23.6 Å². The summed E-state index contributed by atoms with van der Waals surface area (Å²) in [5.41, 5.74) is 2.75. The van der Waals surface area contributed by atoms with Gasteiger partial charge in [0.25, 0.3) is 5.91 Å². The van der Waals surface area contributed by atoms with Crippen molar-refractivity contribution in [3.63, 3.8) is 0 Å². The molecule has 27 heavy (non-hydrogen) atoms. The molecule has 3 rings (SSSR count). The van der Waals surface area contributed by atoms with E-state index >= 15 is 0 Å². The summed E-state index contributed by atoms with van der Waals surface area (Å²) in [6, 6.07) is 5.26. The third kappa shape index (κ3) is 3.85. The molecular formula is C19H19N3O4S. The van der Waals surface area contributed by atoms with Crippen LogP contribution in [0.1, 0.15) is 16.1 Å². The Morgan fingerprint density at radius 2 is 1.81 bits per heavy atom. The summed E-state index contributed by atoms with van der Waals surface area (Å²) in [6.45, 7) is 0.232. The Hall–Kier alpha value is -3.13. The second-order valence-corrected chi connectivity index (χ2v) is 6.21. The Balaban J connectivity index is 1.84. The molecular weight excluding hydrogens is 366 g/mol. The number of amides is 1. The topological polar surface area (TPSA) is 82.6 Å². The molecule has 0 atom stereocenters. The van der Waals surface area contributed by atoms with E-state index in [0.717, 1.165) is 11.3 Å². The number of carbonyl (C=O) groups excluding carboxylic acids is 1. The predicted octanol–water partition coefficient (Wildman–Crippen LogP) is 3.16. The van der Waals surface area contributed by atoms with Gasteiger partial charge < -0.3 is 19.5 Å². The van der Waals surface area contributed by atoms with Crippen LogP contribution >= 0.6 is 11.3 Å². The number of ether oxygens (including phenoxy) is 3. The monoisotopic (exact) mass is 385 g/mol. The Kier molecular flexibility index (Phi) is 5.87. The molecule has 2 aromatic heterocycles. The van der Waals surface area contributed by atoms with Gasteiger partial charge in [-0.3, -0.25) is 14.8 Å². The van der Waals surface area contributed by atoms with Crippen molar-refractivity contribution < 1.29 is 19.0 Å². The third-order valence-electron chi connectivity index (χ3n) is 3.93. The molecule has 0 bridgehead atoms. The fourth-order valence-electron chi connectivity index (χ4n) is 2.68. The van der Waals surface area contributed by atoms with Crippen molar-refractivity contribution in [2.24, 2.45) is 0 Å². The quantitative estimate of drug-likeness (QED) is 0.673. The molecule has 0 aliphatic carbocycles. The fourth-order valence-corrected chi connectivity index (χ4v) is 3.32. The van der Waals surface area contributed by atoms with Crippen molar-refractivity contribution in [3.05, 3.63) is 52.6 Å². The zero-order chi connectivity index (χ0) is 19.2. The zero-order valence-electron chi connectivity index (χ0n) is 15.2. The standard InChI is InChI=1S/C19H19N3O4S/c1-24-15-5-4-13(17(25-2)18(15)26-3)19(23)22-10-14-16(21-8-7-20-14)12-6-9-27-11-12/h4-9,11H,10H2,1-3H3,(H,22,23). The summed E-state index contributed by atoms with van der Waals surface area (Å²) in [5, 5.41) is 6.83. The number of thiophene rings is 1. The maximum absolute atomic E-state index is 12.7. The van der Waals surface area contributed by atoms with Crippen molar-refractivity contribution in [1.82, 2.24) is 15.3 Å². The number of aromatic nitrogens is 2. The van der Waals surface area contributed by atoms with Crippen molar-refractivity contribution in [2.75, 3.05) is 21.3 Å². The van der Waals surface area contributed by atoms with Crippen LogP contribution in [0.3, 0.4) is 0 Å². The summed E-state index contributed by atoms with van der Waals surface area (Å²) in [6.07, 6.45) is 3.24. The van der Waals surface area contributed by atoms with Crippen LogP contribution in [0.5, 0.6) is 17.2 Å². The normalized spacial score (nSPS) is 10.3. The second kappa shape index (κ2) is 8.50. The Morgan fingerprint density at radius 1 is 1.04 bits per heavy atom. The second-order valence-electron chi connectivity index (χ2n) is 5.43. The first-order valence-corrected chi connectivity index (χ1v) is 9.03. The minimum Gasteiger partial charge on any atom is -0.493 e. The van der Waals surface area contributed by atoms with Gasteiger partial charge in [-0.1, -0.05) is 0 Å². The number of hydrogen-bond acceptors (Lipinski definition) is 7. The molecule has 0 aliphatic heterocycles. The Bertz CT molecular complexity index is 929. The molecule has 0 fully saturated rings. The molecule has 0 saturated heterocycles. The van der Waals surface area contributed by atoms with Gasteiger partial charge in [0.15, 0.2) is 11.5 Å². The highest BCUT2D eigenvalue weighted by atomic mass is 32.1. The highest BCUT2D eigenvalue weighted by Crippen LogP contribution is 2.39. The number of hydrogen-bond donors (Lipinski definition) is 1. The summed E-state index contributed by atoms with van der Waals surface area (Å²) in [4.78, 5) is 21.5. The van der Waals surface area contributed by atoms with Crippen LogP contribution < -0.4 is 19.5 Å². The van der Waals surface area contributed by atoms with E-state index in [1.165, 1.54) is 21.3 Å². The lowest BCUT2D eigenvalue weighted by Crippen LogP contribution is -2.24. The smallest absolute Gasteiger partial charge is 0.255 e. The van der Waals surface area contributed by atoms with Crippen molar-refractivity contribution in [1.29, 1.82) is 0 Å². The molecule has 0 spiro atoms. The van der Waals surface area contributed by atoms with Crippen molar-refractivity contribution >= 4 is 17.2 Å². The third-order valence-corrected chi connectivity index (χ3v) is 4.62. The first-order valence-electron chi connectivity index (χ1n) is 8.09. The average Bonchev–Trinajstić information content (AvgIpc) is 3.25. The molecule has 1 N–H and O–H groups in total. The number of carbonyl (C=O) groups is 1. The lowest BCUT2D eigenvalue weighted by atomic mass is 10.1. The fraction of sp³-hybridized carbons (Fsp3) is 0.211. The van der Waals surface area contributed by atoms with E-state index in [4.69, 9.17) is 14.2 Å². The van der Waals surface area contributed by atoms with Crippen LogP contribution in [0.4, 0.5) is 0 Å². The van der Waals surface area contributed by atoms with Crippen LogP contribution in [0, 0.1) is 0 Å². The van der Waals surface area contributed by atoms with E-state index in [-0.39, 0.29) is 12.5 Å². The molecule has 0 radical (unpaired) electrons. The van der Waals surface area contributed by atoms with Gasteiger partial charge in [0.2, 0.25) is 5.75 Å². The maximum atomic E-state index is 12.7. The van der Waals surface area contributed by atoms with Crippen molar-refractivity contribution in [2.45, 2.75) is 6.54 Å².